The van der Waals surface area contributed by atoms with Crippen LogP contribution in [0.5, 0.6) is 5.75 Å². The summed E-state index contributed by atoms with van der Waals surface area (Å²) in [6.07, 6.45) is 1.85. The molecule has 10 heteroatoms. The fourth-order valence-electron chi connectivity index (χ4n) is 2.72. The summed E-state index contributed by atoms with van der Waals surface area (Å²) in [7, 11) is -1.94. The average Bonchev–Trinajstić information content (AvgIpc) is 3.26. The van der Waals surface area contributed by atoms with Crippen LogP contribution in [0.4, 0.5) is 0 Å². The number of hydrogen-bond donors (Lipinski definition) is 3. The monoisotopic (exact) mass is 522 g/mol. The van der Waals surface area contributed by atoms with Crippen molar-refractivity contribution in [2.75, 3.05) is 20.2 Å². The van der Waals surface area contributed by atoms with Crippen molar-refractivity contribution in [3.8, 4) is 5.75 Å². The van der Waals surface area contributed by atoms with Crippen LogP contribution in [-0.4, -0.2) is 34.6 Å². The van der Waals surface area contributed by atoms with Gasteiger partial charge in [-0.05, 0) is 35.7 Å². The zero-order chi connectivity index (χ0) is 18.6. The summed E-state index contributed by atoms with van der Waals surface area (Å²) in [5.74, 6) is 1.66. The van der Waals surface area contributed by atoms with Gasteiger partial charge >= 0.3 is 0 Å². The Bertz CT molecular complexity index is 913. The van der Waals surface area contributed by atoms with Gasteiger partial charge in [-0.25, -0.2) is 13.6 Å². The molecule has 0 radical (unpaired) electrons. The molecular formula is C17H23IN4O3S2. The minimum atomic E-state index is -3.64. The van der Waals surface area contributed by atoms with Gasteiger partial charge in [0.05, 0.1) is 13.2 Å². The standard InChI is InChI=1S/C17H22N4O3S2.HI/c1-19-17(21-11-14-3-5-16(25-14)26(18,22)23)20-8-6-12-2-4-15-13(10-12)7-9-24-15;/h2-5,10H,6-9,11H2,1H3,(H2,18,22,23)(H2,19,20,21);1H. The van der Waals surface area contributed by atoms with Gasteiger partial charge in [0.15, 0.2) is 5.96 Å². The highest BCUT2D eigenvalue weighted by molar-refractivity contribution is 14.0. The first-order valence-electron chi connectivity index (χ1n) is 8.26. The van der Waals surface area contributed by atoms with E-state index in [1.54, 1.807) is 13.1 Å². The lowest BCUT2D eigenvalue weighted by molar-refractivity contribution is 0.357. The molecule has 4 N–H and O–H groups in total. The van der Waals surface area contributed by atoms with Crippen molar-refractivity contribution in [3.05, 3.63) is 46.3 Å². The maximum absolute atomic E-state index is 11.3. The van der Waals surface area contributed by atoms with Gasteiger partial charge in [-0.1, -0.05) is 12.1 Å². The number of thiophene rings is 1. The predicted octanol–water partition coefficient (Wildman–Crippen LogP) is 1.86. The number of nitrogens with two attached hydrogens (primary N) is 1. The molecule has 27 heavy (non-hydrogen) atoms. The SMILES string of the molecule is CN=C(NCCc1ccc2c(c1)CCO2)NCc1ccc(S(N)(=O)=O)s1.I. The number of nitrogens with one attached hydrogen (secondary N) is 2. The normalized spacial score (nSPS) is 13.5. The molecule has 1 aromatic carbocycles. The molecule has 3 rings (SSSR count). The van der Waals surface area contributed by atoms with Crippen molar-refractivity contribution >= 4 is 51.3 Å². The summed E-state index contributed by atoms with van der Waals surface area (Å²) in [6.45, 7) is 1.99. The predicted molar refractivity (Wildman–Crippen MR) is 119 cm³/mol. The Kier molecular flexibility index (Phi) is 7.89. The molecule has 0 aliphatic carbocycles. The minimum absolute atomic E-state index is 0. The van der Waals surface area contributed by atoms with Crippen molar-refractivity contribution in [2.45, 2.75) is 23.6 Å². The summed E-state index contributed by atoms with van der Waals surface area (Å²) in [5.41, 5.74) is 2.53. The average molecular weight is 522 g/mol. The van der Waals surface area contributed by atoms with Crippen molar-refractivity contribution in [1.29, 1.82) is 0 Å². The van der Waals surface area contributed by atoms with E-state index in [1.165, 1.54) is 17.2 Å². The molecule has 0 bridgehead atoms. The molecule has 0 saturated carbocycles. The van der Waals surface area contributed by atoms with E-state index in [2.05, 4.69) is 27.8 Å². The highest BCUT2D eigenvalue weighted by Gasteiger charge is 2.12. The van der Waals surface area contributed by atoms with Crippen molar-refractivity contribution in [1.82, 2.24) is 10.6 Å². The molecule has 1 aliphatic heterocycles. The molecule has 2 aromatic rings. The van der Waals surface area contributed by atoms with E-state index in [-0.39, 0.29) is 28.2 Å². The largest absolute Gasteiger partial charge is 0.493 e. The number of primary sulfonamides is 1. The van der Waals surface area contributed by atoms with Crippen LogP contribution in [0.3, 0.4) is 0 Å². The Balaban J connectivity index is 0.00000261. The lowest BCUT2D eigenvalue weighted by atomic mass is 10.1. The van der Waals surface area contributed by atoms with E-state index in [0.717, 1.165) is 48.0 Å². The maximum Gasteiger partial charge on any atom is 0.247 e. The van der Waals surface area contributed by atoms with Gasteiger partial charge in [-0.2, -0.15) is 0 Å². The second-order valence-electron chi connectivity index (χ2n) is 5.91. The topological polar surface area (TPSA) is 106 Å². The first-order valence-corrected chi connectivity index (χ1v) is 10.6. The number of guanidine groups is 1. The van der Waals surface area contributed by atoms with E-state index in [0.29, 0.717) is 12.5 Å². The molecule has 148 valence electrons. The maximum atomic E-state index is 11.3. The first-order chi connectivity index (χ1) is 12.5. The van der Waals surface area contributed by atoms with Gasteiger partial charge in [-0.15, -0.1) is 35.3 Å². The zero-order valence-corrected chi connectivity index (χ0v) is 18.9. The second-order valence-corrected chi connectivity index (χ2v) is 8.87. The van der Waals surface area contributed by atoms with Crippen molar-refractivity contribution in [2.24, 2.45) is 10.1 Å². The van der Waals surface area contributed by atoms with Crippen molar-refractivity contribution in [3.63, 3.8) is 0 Å². The summed E-state index contributed by atoms with van der Waals surface area (Å²) in [6, 6.07) is 9.58. The molecular weight excluding hydrogens is 499 g/mol. The highest BCUT2D eigenvalue weighted by Crippen LogP contribution is 2.25. The van der Waals surface area contributed by atoms with Crippen LogP contribution in [-0.2, 0) is 29.4 Å². The Hall–Kier alpha value is -1.37. The molecule has 1 aromatic heterocycles. The number of fused-ring (bicyclic) bond motifs is 1. The van der Waals surface area contributed by atoms with Crippen LogP contribution in [0.1, 0.15) is 16.0 Å². The number of sulfonamides is 1. The van der Waals surface area contributed by atoms with Crippen molar-refractivity contribution < 1.29 is 13.2 Å². The summed E-state index contributed by atoms with van der Waals surface area (Å²) >= 11 is 1.15. The molecule has 0 fully saturated rings. The molecule has 1 aliphatic rings. The van der Waals surface area contributed by atoms with E-state index in [9.17, 15) is 8.42 Å². The van der Waals surface area contributed by atoms with E-state index >= 15 is 0 Å². The Morgan fingerprint density at radius 1 is 1.30 bits per heavy atom. The number of halogens is 1. The summed E-state index contributed by atoms with van der Waals surface area (Å²) in [4.78, 5) is 5.05. The third-order valence-electron chi connectivity index (χ3n) is 4.03. The quantitative estimate of drug-likeness (QED) is 0.305. The summed E-state index contributed by atoms with van der Waals surface area (Å²) < 4.78 is 28.3. The van der Waals surface area contributed by atoms with Gasteiger partial charge in [0.1, 0.15) is 9.96 Å². The lowest BCUT2D eigenvalue weighted by Gasteiger charge is -2.11. The second kappa shape index (κ2) is 9.71. The van der Waals surface area contributed by atoms with Crippen LogP contribution in [0.25, 0.3) is 0 Å². The van der Waals surface area contributed by atoms with E-state index in [4.69, 9.17) is 9.88 Å². The Morgan fingerprint density at radius 3 is 2.81 bits per heavy atom. The number of rotatable bonds is 6. The smallest absolute Gasteiger partial charge is 0.247 e. The van der Waals surface area contributed by atoms with Crippen LogP contribution in [0.2, 0.25) is 0 Å². The number of hydrogen-bond acceptors (Lipinski definition) is 5. The highest BCUT2D eigenvalue weighted by atomic mass is 127. The van der Waals surface area contributed by atoms with Crippen LogP contribution in [0.15, 0.2) is 39.5 Å². The number of aliphatic imine (C=N–C) groups is 1. The van der Waals surface area contributed by atoms with Gasteiger partial charge in [0.2, 0.25) is 10.0 Å². The Labute approximate surface area is 180 Å². The summed E-state index contributed by atoms with van der Waals surface area (Å²) in [5, 5.41) is 11.6. The van der Waals surface area contributed by atoms with E-state index in [1.807, 2.05) is 6.07 Å². The van der Waals surface area contributed by atoms with Crippen LogP contribution < -0.4 is 20.5 Å². The fraction of sp³-hybridized carbons (Fsp3) is 0.353. The first kappa shape index (κ1) is 21.9. The van der Waals surface area contributed by atoms with Crippen LogP contribution in [0, 0.1) is 0 Å². The Morgan fingerprint density at radius 2 is 2.11 bits per heavy atom. The third-order valence-corrected chi connectivity index (χ3v) is 6.55. The third kappa shape index (κ3) is 6.06. The molecule has 0 amide bonds. The minimum Gasteiger partial charge on any atom is -0.493 e. The van der Waals surface area contributed by atoms with Gasteiger partial charge in [-0.3, -0.25) is 4.99 Å². The zero-order valence-electron chi connectivity index (χ0n) is 14.9. The molecule has 0 atom stereocenters. The molecule has 0 unspecified atom stereocenters. The van der Waals surface area contributed by atoms with Gasteiger partial charge < -0.3 is 15.4 Å². The number of nitrogens with zero attached hydrogens (tertiary/aromatic N) is 1. The molecule has 0 spiro atoms. The van der Waals surface area contributed by atoms with Gasteiger partial charge in [0, 0.05) is 24.9 Å². The fourth-order valence-corrected chi connectivity index (χ4v) is 4.44. The lowest BCUT2D eigenvalue weighted by Crippen LogP contribution is -2.37. The van der Waals surface area contributed by atoms with Gasteiger partial charge in [0.25, 0.3) is 0 Å². The molecule has 7 nitrogen and oxygen atoms in total. The molecule has 0 saturated heterocycles. The number of ether oxygens (including phenoxy) is 1. The number of benzene rings is 1. The van der Waals surface area contributed by atoms with Crippen LogP contribution >= 0.6 is 35.3 Å². The molecule has 2 heterocycles. The van der Waals surface area contributed by atoms with E-state index < -0.39 is 10.0 Å².